The molecule has 0 saturated heterocycles. The quantitative estimate of drug-likeness (QED) is 0.152. The number of aldehydes is 1. The van der Waals surface area contributed by atoms with E-state index in [0.717, 1.165) is 29.5 Å². The van der Waals surface area contributed by atoms with Crippen molar-refractivity contribution >= 4 is 23.8 Å². The van der Waals surface area contributed by atoms with Crippen molar-refractivity contribution in [3.05, 3.63) is 198 Å². The van der Waals surface area contributed by atoms with Crippen molar-refractivity contribution in [3.63, 3.8) is 0 Å². The molecule has 6 aromatic rings. The summed E-state index contributed by atoms with van der Waals surface area (Å²) in [5.41, 5.74) is 4.73. The summed E-state index contributed by atoms with van der Waals surface area (Å²) in [6, 6.07) is 55.8. The maximum absolute atomic E-state index is 10.8. The molecule has 8 nitrogen and oxygen atoms in total. The Kier molecular flexibility index (Phi) is 44.9. The highest BCUT2D eigenvalue weighted by Gasteiger charge is 2.24. The molecular weight excluding hydrogens is 837 g/mol. The lowest BCUT2D eigenvalue weighted by Gasteiger charge is -2.26. The van der Waals surface area contributed by atoms with E-state index in [9.17, 15) is 19.5 Å². The maximum atomic E-state index is 10.8. The van der Waals surface area contributed by atoms with Crippen molar-refractivity contribution in [1.29, 1.82) is 0 Å². The Morgan fingerprint density at radius 1 is 0.448 bits per heavy atom. The number of carbonyl (C=O) groups excluding carboxylic acids is 3. The number of methoxy groups -OCH3 is 2. The monoisotopic (exact) mass is 923 g/mol. The molecule has 0 atom stereocenters. The molecule has 8 heteroatoms. The van der Waals surface area contributed by atoms with E-state index >= 15 is 0 Å². The fourth-order valence-electron chi connectivity index (χ4n) is 5.01. The van der Waals surface area contributed by atoms with Crippen LogP contribution in [0.5, 0.6) is 17.2 Å². The number of phenols is 1. The van der Waals surface area contributed by atoms with Crippen LogP contribution in [0.3, 0.4) is 0 Å². The van der Waals surface area contributed by atoms with Crippen LogP contribution in [0.15, 0.2) is 170 Å². The van der Waals surface area contributed by atoms with E-state index in [-0.39, 0.29) is 57.9 Å². The topological polar surface area (TPSA) is 127 Å². The van der Waals surface area contributed by atoms with Crippen LogP contribution in [0, 0.1) is 0 Å². The number of carboxylic acids is 1. The lowest BCUT2D eigenvalue weighted by molar-refractivity contribution is -0.134. The molecule has 0 aliphatic carbocycles. The summed E-state index contributed by atoms with van der Waals surface area (Å²) in [7, 11) is 3.33. The number of aliphatic carboxylic acids is 1. The molecule has 0 unspecified atom stereocenters. The maximum Gasteiger partial charge on any atom is 0.300 e. The minimum Gasteiger partial charge on any atom is -0.507 e. The molecule has 0 radical (unpaired) electrons. The number of carbonyl (C=O) groups is 4. The van der Waals surface area contributed by atoms with E-state index in [1.165, 1.54) is 38.8 Å². The number of phenolic OH excluding ortho intramolecular Hbond substituents is 1. The lowest BCUT2D eigenvalue weighted by atomic mass is 9.78. The highest BCUT2D eigenvalue weighted by molar-refractivity contribution is 5.79. The molecule has 2 N–H and O–H groups in total. The molecule has 370 valence electrons. The molecule has 0 saturated carbocycles. The molecule has 0 spiro atoms. The molecule has 6 aromatic carbocycles. The molecule has 0 aliphatic rings. The van der Waals surface area contributed by atoms with Gasteiger partial charge in [-0.15, -0.1) is 0 Å². The first-order valence-corrected chi connectivity index (χ1v) is 20.6. The highest BCUT2D eigenvalue weighted by Crippen LogP contribution is 2.35. The molecule has 67 heavy (non-hydrogen) atoms. The third-order valence-electron chi connectivity index (χ3n) is 8.33. The van der Waals surface area contributed by atoms with Gasteiger partial charge in [0.25, 0.3) is 5.97 Å². The first-order valence-electron chi connectivity index (χ1n) is 20.6. The van der Waals surface area contributed by atoms with Gasteiger partial charge in [0.1, 0.15) is 28.8 Å². The predicted octanol–water partition coefficient (Wildman–Crippen LogP) is 15.8. The van der Waals surface area contributed by atoms with Crippen LogP contribution >= 0.6 is 0 Å². The molecule has 0 aromatic heterocycles. The van der Waals surface area contributed by atoms with Gasteiger partial charge in [-0.05, 0) is 86.3 Å². The minimum absolute atomic E-state index is 0. The smallest absolute Gasteiger partial charge is 0.300 e. The molecule has 6 rings (SSSR count). The fourth-order valence-corrected chi connectivity index (χ4v) is 5.01. The van der Waals surface area contributed by atoms with Crippen molar-refractivity contribution in [2.24, 2.45) is 0 Å². The summed E-state index contributed by atoms with van der Waals surface area (Å²) in [5.74, 6) is 1.22. The predicted molar refractivity (Wildman–Crippen MR) is 287 cm³/mol. The van der Waals surface area contributed by atoms with Gasteiger partial charge in [-0.3, -0.25) is 9.59 Å². The third kappa shape index (κ3) is 33.4. The average molecular weight is 923 g/mol. The molecule has 0 heterocycles. The standard InChI is InChI=1S/C17H18O3.C16H18O.2C6H6.2C3H6O.C2H4O2.C2H6.4CH4/c1-17(2,13-6-8-15(20-3)9-7-13)14-5-4-12(11-18)16(19)10-14;1-16(2,13-7-5-4-6-8-13)14-9-11-15(17-3)12-10-14;2*1-2-4-6-5-3-1;2*1-3(2)4;1-2(3)4;1-2;;;;/h4-11,19H,1-3H3;4-12H,1-3H3;2*1-6H;2*1-2H3;1H3,(H,3,4);1-2H3;4*1H4. The van der Waals surface area contributed by atoms with Crippen LogP contribution in [0.4, 0.5) is 0 Å². The van der Waals surface area contributed by atoms with Crippen LogP contribution in [0.25, 0.3) is 0 Å². The number of ether oxygens (including phenoxy) is 2. The zero-order valence-corrected chi connectivity index (χ0v) is 39.6. The summed E-state index contributed by atoms with van der Waals surface area (Å²) in [6.07, 6.45) is 0.652. The SMILES string of the molecule is C.C.C.C.CC.CC(=O)O.CC(C)=O.CC(C)=O.COc1ccc(C(C)(C)c2ccc(C=O)c(O)c2)cc1.COc1ccc(C(C)(C)c2ccccc2)cc1.c1ccccc1.c1ccccc1. The number of rotatable bonds is 7. The van der Waals surface area contributed by atoms with Crippen molar-refractivity contribution in [2.75, 3.05) is 14.2 Å². The molecule has 0 amide bonds. The number of Topliss-reactive ketones (excluding diaryl/α,β-unsaturated/α-hetero) is 2. The third-order valence-corrected chi connectivity index (χ3v) is 8.33. The number of aromatic hydroxyl groups is 1. The summed E-state index contributed by atoms with van der Waals surface area (Å²) in [4.78, 5) is 38.6. The first-order chi connectivity index (χ1) is 29.8. The number of carboxylic acid groups (broad SMARTS) is 1. The number of hydrogen-bond donors (Lipinski definition) is 2. The highest BCUT2D eigenvalue weighted by atomic mass is 16.5. The van der Waals surface area contributed by atoms with Crippen molar-refractivity contribution < 1.29 is 38.9 Å². The number of benzene rings is 6. The van der Waals surface area contributed by atoms with Gasteiger partial charge in [-0.1, -0.05) is 205 Å². The first kappa shape index (κ1) is 71.8. The van der Waals surface area contributed by atoms with Gasteiger partial charge in [0.15, 0.2) is 6.29 Å². The fraction of sp³-hybridized carbons (Fsp3) is 0.322. The van der Waals surface area contributed by atoms with E-state index in [4.69, 9.17) is 19.4 Å². The van der Waals surface area contributed by atoms with Crippen LogP contribution in [-0.4, -0.2) is 48.3 Å². The van der Waals surface area contributed by atoms with Crippen LogP contribution in [0.1, 0.15) is 138 Å². The lowest BCUT2D eigenvalue weighted by Crippen LogP contribution is -2.18. The second kappa shape index (κ2) is 41.9. The Labute approximate surface area is 407 Å². The van der Waals surface area contributed by atoms with E-state index in [1.807, 2.05) is 135 Å². The zero-order chi connectivity index (χ0) is 48.3. The van der Waals surface area contributed by atoms with Gasteiger partial charge in [0, 0.05) is 17.8 Å². The molecule has 0 aliphatic heterocycles. The van der Waals surface area contributed by atoms with Gasteiger partial charge >= 0.3 is 0 Å². The van der Waals surface area contributed by atoms with E-state index in [1.54, 1.807) is 26.4 Å². The normalized spacial score (nSPS) is 8.85. The Morgan fingerprint density at radius 3 is 0.910 bits per heavy atom. The summed E-state index contributed by atoms with van der Waals surface area (Å²) in [6.45, 7) is 19.8. The zero-order valence-electron chi connectivity index (χ0n) is 39.6. The van der Waals surface area contributed by atoms with Crippen molar-refractivity contribution in [2.45, 2.75) is 117 Å². The van der Waals surface area contributed by atoms with E-state index in [2.05, 4.69) is 64.1 Å². The van der Waals surface area contributed by atoms with Crippen molar-refractivity contribution in [1.82, 2.24) is 0 Å². The Balaban J connectivity index is -0.000000177. The average Bonchev–Trinajstić information content (AvgIpc) is 3.28. The summed E-state index contributed by atoms with van der Waals surface area (Å²) >= 11 is 0. The summed E-state index contributed by atoms with van der Waals surface area (Å²) < 4.78 is 10.3. The Hall–Kier alpha value is -6.80. The molecule has 0 fully saturated rings. The van der Waals surface area contributed by atoms with Crippen LogP contribution in [-0.2, 0) is 25.2 Å². The van der Waals surface area contributed by atoms with Gasteiger partial charge in [0.05, 0.1) is 19.8 Å². The number of ketones is 2. The molecule has 0 bridgehead atoms. The van der Waals surface area contributed by atoms with Crippen molar-refractivity contribution in [3.8, 4) is 17.2 Å². The molecular formula is C59H86O8. The van der Waals surface area contributed by atoms with Crippen LogP contribution in [0.2, 0.25) is 0 Å². The van der Waals surface area contributed by atoms with E-state index in [0.29, 0.717) is 11.8 Å². The van der Waals surface area contributed by atoms with Gasteiger partial charge < -0.3 is 29.3 Å². The second-order valence-electron chi connectivity index (χ2n) is 14.6. The Morgan fingerprint density at radius 2 is 0.672 bits per heavy atom. The largest absolute Gasteiger partial charge is 0.507 e. The van der Waals surface area contributed by atoms with Gasteiger partial charge in [0.2, 0.25) is 0 Å². The van der Waals surface area contributed by atoms with Gasteiger partial charge in [-0.2, -0.15) is 0 Å². The minimum atomic E-state index is -0.833. The Bertz CT molecular complexity index is 1950. The second-order valence-corrected chi connectivity index (χ2v) is 14.6. The van der Waals surface area contributed by atoms with Crippen LogP contribution < -0.4 is 9.47 Å². The van der Waals surface area contributed by atoms with E-state index < -0.39 is 5.97 Å². The number of hydrogen-bond acceptors (Lipinski definition) is 7. The van der Waals surface area contributed by atoms with Gasteiger partial charge in [-0.25, -0.2) is 0 Å². The summed E-state index contributed by atoms with van der Waals surface area (Å²) in [5, 5.41) is 17.2.